The summed E-state index contributed by atoms with van der Waals surface area (Å²) in [6.45, 7) is 1.86. The van der Waals surface area contributed by atoms with Crippen molar-refractivity contribution in [3.05, 3.63) is 55.5 Å². The Kier molecular flexibility index (Phi) is 4.61. The minimum atomic E-state index is -0.536. The van der Waals surface area contributed by atoms with Crippen molar-refractivity contribution in [2.75, 3.05) is 0 Å². The Morgan fingerprint density at radius 3 is 2.67 bits per heavy atom. The van der Waals surface area contributed by atoms with Crippen LogP contribution in [0, 0.1) is 17.0 Å². The number of nitrogens with zero attached hydrogens (tertiary/aromatic N) is 2. The topological polar surface area (TPSA) is 108 Å². The van der Waals surface area contributed by atoms with E-state index in [1.54, 1.807) is 12.1 Å². The highest BCUT2D eigenvalue weighted by molar-refractivity contribution is 7.11. The third-order valence-electron chi connectivity index (χ3n) is 2.88. The van der Waals surface area contributed by atoms with Gasteiger partial charge in [0.2, 0.25) is 0 Å². The smallest absolute Gasteiger partial charge is 0.331 e. The summed E-state index contributed by atoms with van der Waals surface area (Å²) in [7, 11) is 0. The second-order valence-electron chi connectivity index (χ2n) is 4.38. The number of nitrogens with two attached hydrogens (primary N) is 1. The third kappa shape index (κ3) is 3.83. The molecule has 0 aliphatic carbocycles. The molecular weight excluding hydrogens is 294 g/mol. The van der Waals surface area contributed by atoms with Crippen molar-refractivity contribution < 1.29 is 14.6 Å². The van der Waals surface area contributed by atoms with Gasteiger partial charge in [-0.15, -0.1) is 11.3 Å². The molecule has 0 spiro atoms. The number of nitro groups is 1. The van der Waals surface area contributed by atoms with E-state index >= 15 is 0 Å². The second kappa shape index (κ2) is 6.42. The van der Waals surface area contributed by atoms with Gasteiger partial charge in [0.1, 0.15) is 5.01 Å². The largest absolute Gasteiger partial charge is 0.373 e. The van der Waals surface area contributed by atoms with Crippen LogP contribution in [0.2, 0.25) is 0 Å². The normalized spacial score (nSPS) is 10.4. The maximum atomic E-state index is 11.1. The van der Waals surface area contributed by atoms with E-state index in [1.165, 1.54) is 23.5 Å². The van der Waals surface area contributed by atoms with Gasteiger partial charge in [0.05, 0.1) is 17.0 Å². The lowest BCUT2D eigenvalue weighted by molar-refractivity contribution is -0.384. The van der Waals surface area contributed by atoms with E-state index in [0.717, 1.165) is 16.1 Å². The quantitative estimate of drug-likeness (QED) is 0.667. The Morgan fingerprint density at radius 1 is 1.43 bits per heavy atom. The number of carbonyl (C=O) groups excluding carboxylic acids is 1. The minimum Gasteiger partial charge on any atom is -0.373 e. The van der Waals surface area contributed by atoms with Gasteiger partial charge in [-0.05, 0) is 12.5 Å². The van der Waals surface area contributed by atoms with Gasteiger partial charge in [-0.2, -0.15) is 5.90 Å². The Hall–Kier alpha value is -2.32. The zero-order chi connectivity index (χ0) is 15.4. The summed E-state index contributed by atoms with van der Waals surface area (Å²) in [4.78, 5) is 30.7. The van der Waals surface area contributed by atoms with E-state index in [4.69, 9.17) is 5.90 Å². The van der Waals surface area contributed by atoms with E-state index in [1.807, 2.05) is 6.92 Å². The fourth-order valence-electron chi connectivity index (χ4n) is 1.81. The highest BCUT2D eigenvalue weighted by Gasteiger charge is 2.13. The average molecular weight is 307 g/mol. The first-order valence-electron chi connectivity index (χ1n) is 6.07. The molecule has 0 aliphatic heterocycles. The molecule has 0 aliphatic rings. The van der Waals surface area contributed by atoms with E-state index in [0.29, 0.717) is 11.4 Å². The lowest BCUT2D eigenvalue weighted by atomic mass is 10.1. The lowest BCUT2D eigenvalue weighted by Crippen LogP contribution is -2.12. The van der Waals surface area contributed by atoms with Crippen LogP contribution in [0.25, 0.3) is 0 Å². The predicted octanol–water partition coefficient (Wildman–Crippen LogP) is 1.91. The van der Waals surface area contributed by atoms with E-state index in [2.05, 4.69) is 9.82 Å². The highest BCUT2D eigenvalue weighted by atomic mass is 32.1. The van der Waals surface area contributed by atoms with Gasteiger partial charge in [-0.1, -0.05) is 12.1 Å². The average Bonchev–Trinajstić information content (AvgIpc) is 2.79. The number of hydrogen-bond acceptors (Lipinski definition) is 7. The van der Waals surface area contributed by atoms with Gasteiger partial charge < -0.3 is 4.84 Å². The minimum absolute atomic E-state index is 0.0439. The van der Waals surface area contributed by atoms with Crippen LogP contribution in [-0.2, 0) is 22.5 Å². The standard InChI is InChI=1S/C13H13N3O4S/c1-8-11(21-12(15-8)7-13(17)20-14)6-9-2-4-10(5-3-9)16(18)19/h2-5H,6-7,14H2,1H3. The van der Waals surface area contributed by atoms with Crippen LogP contribution in [0.1, 0.15) is 21.1 Å². The molecule has 2 rings (SSSR count). The van der Waals surface area contributed by atoms with Gasteiger partial charge in [-0.25, -0.2) is 9.78 Å². The van der Waals surface area contributed by atoms with Crippen molar-refractivity contribution in [1.29, 1.82) is 0 Å². The number of thiazole rings is 1. The molecule has 2 aromatic rings. The van der Waals surface area contributed by atoms with Crippen molar-refractivity contribution in [2.45, 2.75) is 19.8 Å². The molecule has 1 heterocycles. The number of benzene rings is 1. The fraction of sp³-hybridized carbons (Fsp3) is 0.231. The lowest BCUT2D eigenvalue weighted by Gasteiger charge is -1.99. The molecule has 1 aromatic heterocycles. The van der Waals surface area contributed by atoms with E-state index in [9.17, 15) is 14.9 Å². The van der Waals surface area contributed by atoms with Crippen molar-refractivity contribution in [1.82, 2.24) is 4.98 Å². The molecule has 0 atom stereocenters. The number of rotatable bonds is 5. The molecule has 0 amide bonds. The Morgan fingerprint density at radius 2 is 2.10 bits per heavy atom. The predicted molar refractivity (Wildman–Crippen MR) is 76.7 cm³/mol. The molecule has 21 heavy (non-hydrogen) atoms. The van der Waals surface area contributed by atoms with Gasteiger partial charge in [-0.3, -0.25) is 10.1 Å². The second-order valence-corrected chi connectivity index (χ2v) is 5.55. The zero-order valence-electron chi connectivity index (χ0n) is 11.2. The monoisotopic (exact) mass is 307 g/mol. The highest BCUT2D eigenvalue weighted by Crippen LogP contribution is 2.23. The number of non-ortho nitro benzene ring substituents is 1. The van der Waals surface area contributed by atoms with Crippen LogP contribution in [-0.4, -0.2) is 15.9 Å². The summed E-state index contributed by atoms with van der Waals surface area (Å²) < 4.78 is 0. The summed E-state index contributed by atoms with van der Waals surface area (Å²) >= 11 is 1.41. The number of aryl methyl sites for hydroxylation is 1. The zero-order valence-corrected chi connectivity index (χ0v) is 12.1. The van der Waals surface area contributed by atoms with Gasteiger partial charge in [0, 0.05) is 23.4 Å². The molecule has 0 bridgehead atoms. The number of hydrogen-bond donors (Lipinski definition) is 1. The molecule has 0 fully saturated rings. The summed E-state index contributed by atoms with van der Waals surface area (Å²) in [5.74, 6) is 4.26. The van der Waals surface area contributed by atoms with Crippen molar-refractivity contribution in [3.63, 3.8) is 0 Å². The first kappa shape index (κ1) is 15.1. The Bertz CT molecular complexity index is 667. The number of carbonyl (C=O) groups is 1. The van der Waals surface area contributed by atoms with Crippen LogP contribution in [0.3, 0.4) is 0 Å². The third-order valence-corrected chi connectivity index (χ3v) is 4.03. The summed E-state index contributed by atoms with van der Waals surface area (Å²) in [6, 6.07) is 6.37. The molecule has 2 N–H and O–H groups in total. The molecule has 0 saturated carbocycles. The first-order chi connectivity index (χ1) is 9.99. The molecular formula is C13H13N3O4S. The van der Waals surface area contributed by atoms with E-state index < -0.39 is 10.9 Å². The van der Waals surface area contributed by atoms with Crippen molar-refractivity contribution >= 4 is 23.0 Å². The molecule has 0 radical (unpaired) electrons. The van der Waals surface area contributed by atoms with Gasteiger partial charge >= 0.3 is 5.97 Å². The Labute approximate surface area is 124 Å². The van der Waals surface area contributed by atoms with Crippen LogP contribution in [0.5, 0.6) is 0 Å². The van der Waals surface area contributed by atoms with Crippen molar-refractivity contribution in [3.8, 4) is 0 Å². The SMILES string of the molecule is Cc1nc(CC(=O)ON)sc1Cc1ccc([N+](=O)[O-])cc1. The fourth-order valence-corrected chi connectivity index (χ4v) is 2.90. The maximum Gasteiger partial charge on any atom is 0.331 e. The molecule has 110 valence electrons. The molecule has 0 unspecified atom stereocenters. The first-order valence-corrected chi connectivity index (χ1v) is 6.89. The van der Waals surface area contributed by atoms with Crippen LogP contribution in [0.4, 0.5) is 5.69 Å². The van der Waals surface area contributed by atoms with Gasteiger partial charge in [0.15, 0.2) is 0 Å². The van der Waals surface area contributed by atoms with E-state index in [-0.39, 0.29) is 12.1 Å². The maximum absolute atomic E-state index is 11.1. The summed E-state index contributed by atoms with van der Waals surface area (Å²) in [6.07, 6.45) is 0.654. The van der Waals surface area contributed by atoms with Crippen LogP contribution < -0.4 is 5.90 Å². The van der Waals surface area contributed by atoms with Crippen molar-refractivity contribution in [2.24, 2.45) is 5.90 Å². The molecule has 1 aromatic carbocycles. The van der Waals surface area contributed by atoms with Gasteiger partial charge in [0.25, 0.3) is 5.69 Å². The molecule has 0 saturated heterocycles. The van der Waals surface area contributed by atoms with Crippen LogP contribution in [0.15, 0.2) is 24.3 Å². The number of aromatic nitrogens is 1. The summed E-state index contributed by atoms with van der Waals surface area (Å²) in [5.41, 5.74) is 1.84. The molecule has 8 heteroatoms. The summed E-state index contributed by atoms with van der Waals surface area (Å²) in [5, 5.41) is 11.2. The van der Waals surface area contributed by atoms with Crippen LogP contribution >= 0.6 is 11.3 Å². The molecule has 7 nitrogen and oxygen atoms in total. The Balaban J connectivity index is 2.12. The number of nitro benzene ring substituents is 1.